The topological polar surface area (TPSA) is 66.9 Å². The van der Waals surface area contributed by atoms with Gasteiger partial charge in [-0.05, 0) is 55.3 Å². The summed E-state index contributed by atoms with van der Waals surface area (Å²) in [6, 6.07) is 21.3. The van der Waals surface area contributed by atoms with Gasteiger partial charge in [-0.25, -0.2) is 8.42 Å². The number of benzene rings is 3. The number of sulfonamides is 1. The molecule has 0 radical (unpaired) electrons. The average molecular weight is 499 g/mol. The smallest absolute Gasteiger partial charge is 0.257 e. The van der Waals surface area contributed by atoms with Gasteiger partial charge in [-0.1, -0.05) is 53.6 Å². The third kappa shape index (κ3) is 5.60. The molecule has 1 aliphatic rings. The fraction of sp³-hybridized carbons (Fsp3) is 0.269. The number of aryl methyl sites for hydroxylation is 1. The third-order valence-electron chi connectivity index (χ3n) is 5.83. The molecule has 1 fully saturated rings. The molecule has 0 N–H and O–H groups in total. The highest BCUT2D eigenvalue weighted by Gasteiger charge is 2.29. The third-order valence-corrected chi connectivity index (χ3v) is 7.99. The van der Waals surface area contributed by atoms with Crippen molar-refractivity contribution in [2.45, 2.75) is 24.8 Å². The van der Waals surface area contributed by atoms with Crippen molar-refractivity contribution in [3.63, 3.8) is 0 Å². The minimum Gasteiger partial charge on any atom is -0.488 e. The second-order valence-corrected chi connectivity index (χ2v) is 10.6. The number of nitrogens with zero attached hydrogens (tertiary/aromatic N) is 2. The van der Waals surface area contributed by atoms with Gasteiger partial charge < -0.3 is 9.64 Å². The van der Waals surface area contributed by atoms with E-state index in [4.69, 9.17) is 16.3 Å². The van der Waals surface area contributed by atoms with Gasteiger partial charge in [0.2, 0.25) is 10.0 Å². The molecule has 1 aliphatic heterocycles. The maximum atomic E-state index is 13.4. The fourth-order valence-electron chi connectivity index (χ4n) is 3.88. The van der Waals surface area contributed by atoms with Crippen LogP contribution in [0.1, 0.15) is 27.9 Å². The Hall–Kier alpha value is -2.87. The van der Waals surface area contributed by atoms with Gasteiger partial charge in [-0.2, -0.15) is 4.31 Å². The Balaban J connectivity index is 1.45. The van der Waals surface area contributed by atoms with Crippen molar-refractivity contribution in [1.29, 1.82) is 0 Å². The van der Waals surface area contributed by atoms with Crippen LogP contribution in [0.4, 0.5) is 0 Å². The Morgan fingerprint density at radius 2 is 1.62 bits per heavy atom. The molecule has 3 aromatic rings. The Morgan fingerprint density at radius 1 is 0.912 bits per heavy atom. The van der Waals surface area contributed by atoms with E-state index in [1.54, 1.807) is 59.5 Å². The molecule has 0 aromatic heterocycles. The summed E-state index contributed by atoms with van der Waals surface area (Å²) in [4.78, 5) is 15.3. The Kier molecular flexibility index (Phi) is 7.56. The first kappa shape index (κ1) is 24.3. The van der Waals surface area contributed by atoms with Crippen molar-refractivity contribution in [2.24, 2.45) is 0 Å². The number of halogens is 1. The highest BCUT2D eigenvalue weighted by atomic mass is 35.5. The summed E-state index contributed by atoms with van der Waals surface area (Å²) in [5.41, 5.74) is 2.41. The molecule has 0 atom stereocenters. The van der Waals surface area contributed by atoms with Crippen molar-refractivity contribution in [3.8, 4) is 5.75 Å². The summed E-state index contributed by atoms with van der Waals surface area (Å²) in [5.74, 6) is 0.331. The zero-order valence-electron chi connectivity index (χ0n) is 19.0. The van der Waals surface area contributed by atoms with Crippen LogP contribution in [0.25, 0.3) is 0 Å². The van der Waals surface area contributed by atoms with Crippen molar-refractivity contribution in [1.82, 2.24) is 9.21 Å². The van der Waals surface area contributed by atoms with Crippen LogP contribution in [0.15, 0.2) is 77.7 Å². The molecule has 1 saturated heterocycles. The van der Waals surface area contributed by atoms with Crippen molar-refractivity contribution in [2.75, 3.05) is 26.2 Å². The van der Waals surface area contributed by atoms with Gasteiger partial charge in [0.25, 0.3) is 5.91 Å². The van der Waals surface area contributed by atoms with Gasteiger partial charge >= 0.3 is 0 Å². The monoisotopic (exact) mass is 498 g/mol. The molecule has 0 aliphatic carbocycles. The van der Waals surface area contributed by atoms with Crippen LogP contribution in [-0.4, -0.2) is 49.7 Å². The van der Waals surface area contributed by atoms with E-state index in [1.165, 1.54) is 4.31 Å². The van der Waals surface area contributed by atoms with Gasteiger partial charge in [-0.15, -0.1) is 0 Å². The molecular formula is C26H27ClN2O4S. The first-order valence-corrected chi connectivity index (χ1v) is 13.0. The highest BCUT2D eigenvalue weighted by Crippen LogP contribution is 2.24. The number of hydrogen-bond donors (Lipinski definition) is 0. The van der Waals surface area contributed by atoms with Gasteiger partial charge in [0.1, 0.15) is 12.4 Å². The van der Waals surface area contributed by atoms with E-state index >= 15 is 0 Å². The molecule has 0 spiro atoms. The first-order chi connectivity index (χ1) is 16.3. The number of carbonyl (C=O) groups is 1. The van der Waals surface area contributed by atoms with E-state index in [9.17, 15) is 13.2 Å². The molecular weight excluding hydrogens is 472 g/mol. The minimum absolute atomic E-state index is 0.165. The molecule has 178 valence electrons. The SMILES string of the molecule is Cc1ccc(S(=O)(=O)N2CCCN(C(=O)c3ccccc3OCc3ccc(Cl)cc3)CC2)cc1. The summed E-state index contributed by atoms with van der Waals surface area (Å²) in [7, 11) is -3.61. The largest absolute Gasteiger partial charge is 0.488 e. The average Bonchev–Trinajstić information content (AvgIpc) is 3.11. The van der Waals surface area contributed by atoms with Crippen LogP contribution >= 0.6 is 11.6 Å². The van der Waals surface area contributed by atoms with Crippen LogP contribution in [0.3, 0.4) is 0 Å². The number of rotatable bonds is 6. The minimum atomic E-state index is -3.61. The summed E-state index contributed by atoms with van der Waals surface area (Å²) in [6.07, 6.45) is 0.560. The standard InChI is InChI=1S/C26H27ClN2O4S/c1-20-7-13-23(14-8-20)34(31,32)29-16-4-15-28(17-18-29)26(30)24-5-2-3-6-25(24)33-19-21-9-11-22(27)12-10-21/h2-3,5-14H,4,15-19H2,1H3. The summed E-state index contributed by atoms with van der Waals surface area (Å²) >= 11 is 5.94. The molecule has 6 nitrogen and oxygen atoms in total. The van der Waals surface area contributed by atoms with Crippen LogP contribution in [0.5, 0.6) is 5.75 Å². The Morgan fingerprint density at radius 3 is 2.35 bits per heavy atom. The lowest BCUT2D eigenvalue weighted by Crippen LogP contribution is -2.37. The maximum absolute atomic E-state index is 13.4. The van der Waals surface area contributed by atoms with E-state index < -0.39 is 10.0 Å². The van der Waals surface area contributed by atoms with Gasteiger partial charge in [0.05, 0.1) is 10.5 Å². The normalized spacial score (nSPS) is 15.1. The van der Waals surface area contributed by atoms with E-state index in [1.807, 2.05) is 25.1 Å². The number of ether oxygens (including phenoxy) is 1. The van der Waals surface area contributed by atoms with Crippen LogP contribution in [0.2, 0.25) is 5.02 Å². The molecule has 1 heterocycles. The van der Waals surface area contributed by atoms with E-state index in [2.05, 4.69) is 0 Å². The van der Waals surface area contributed by atoms with E-state index in [-0.39, 0.29) is 17.3 Å². The maximum Gasteiger partial charge on any atom is 0.257 e. The Labute approximate surface area is 205 Å². The lowest BCUT2D eigenvalue weighted by Gasteiger charge is -2.23. The fourth-order valence-corrected chi connectivity index (χ4v) is 5.47. The van der Waals surface area contributed by atoms with Crippen LogP contribution in [-0.2, 0) is 16.6 Å². The molecule has 1 amide bonds. The second kappa shape index (κ2) is 10.6. The lowest BCUT2D eigenvalue weighted by molar-refractivity contribution is 0.0759. The molecule has 8 heteroatoms. The summed E-state index contributed by atoms with van der Waals surface area (Å²) in [6.45, 7) is 3.64. The molecule has 34 heavy (non-hydrogen) atoms. The zero-order chi connectivity index (χ0) is 24.1. The number of para-hydroxylation sites is 1. The lowest BCUT2D eigenvalue weighted by atomic mass is 10.1. The van der Waals surface area contributed by atoms with Crippen molar-refractivity contribution in [3.05, 3.63) is 94.5 Å². The van der Waals surface area contributed by atoms with Gasteiger partial charge in [0.15, 0.2) is 0 Å². The zero-order valence-corrected chi connectivity index (χ0v) is 20.6. The van der Waals surface area contributed by atoms with E-state index in [0.717, 1.165) is 11.1 Å². The summed E-state index contributed by atoms with van der Waals surface area (Å²) < 4.78 is 33.6. The highest BCUT2D eigenvalue weighted by molar-refractivity contribution is 7.89. The number of hydrogen-bond acceptors (Lipinski definition) is 4. The van der Waals surface area contributed by atoms with Gasteiger partial charge in [0, 0.05) is 31.2 Å². The first-order valence-electron chi connectivity index (χ1n) is 11.2. The molecule has 4 rings (SSSR count). The van der Waals surface area contributed by atoms with E-state index in [0.29, 0.717) is 49.0 Å². The number of amides is 1. The molecule has 0 unspecified atom stereocenters. The van der Waals surface area contributed by atoms with Crippen molar-refractivity contribution >= 4 is 27.5 Å². The second-order valence-electron chi connectivity index (χ2n) is 8.27. The predicted molar refractivity (Wildman–Crippen MR) is 133 cm³/mol. The van der Waals surface area contributed by atoms with Crippen LogP contribution in [0, 0.1) is 6.92 Å². The van der Waals surface area contributed by atoms with Crippen LogP contribution < -0.4 is 4.74 Å². The number of carbonyl (C=O) groups excluding carboxylic acids is 1. The predicted octanol–water partition coefficient (Wildman–Crippen LogP) is 4.76. The van der Waals surface area contributed by atoms with Crippen molar-refractivity contribution < 1.29 is 17.9 Å². The molecule has 3 aromatic carbocycles. The quantitative estimate of drug-likeness (QED) is 0.491. The summed E-state index contributed by atoms with van der Waals surface area (Å²) in [5, 5.41) is 0.652. The Bertz CT molecular complexity index is 1240. The van der Waals surface area contributed by atoms with Gasteiger partial charge in [-0.3, -0.25) is 4.79 Å². The molecule has 0 saturated carbocycles. The molecule has 0 bridgehead atoms.